The van der Waals surface area contributed by atoms with Crippen LogP contribution in [0.1, 0.15) is 31.9 Å². The van der Waals surface area contributed by atoms with Crippen LogP contribution in [0.15, 0.2) is 24.3 Å². The Hall–Kier alpha value is -2.21. The van der Waals surface area contributed by atoms with Crippen LogP contribution in [0.3, 0.4) is 0 Å². The maximum atomic E-state index is 11.1. The molecule has 0 atom stereocenters. The minimum absolute atomic E-state index is 0.106. The molecule has 1 saturated heterocycles. The van der Waals surface area contributed by atoms with Gasteiger partial charge in [0, 0.05) is 48.0 Å². The lowest BCUT2D eigenvalue weighted by atomic mass is 10.0. The van der Waals surface area contributed by atoms with Gasteiger partial charge in [0.2, 0.25) is 0 Å². The number of fused-ring (bicyclic) bond motifs is 1. The average molecular weight is 328 g/mol. The van der Waals surface area contributed by atoms with E-state index in [9.17, 15) is 10.1 Å². The van der Waals surface area contributed by atoms with Gasteiger partial charge in [0.25, 0.3) is 5.69 Å². The number of aryl methyl sites for hydroxylation is 1. The molecule has 0 unspecified atom stereocenters. The molecule has 1 aromatic carbocycles. The number of likely N-dealkylation sites (tertiary alicyclic amines) is 1. The van der Waals surface area contributed by atoms with E-state index < -0.39 is 0 Å². The van der Waals surface area contributed by atoms with Crippen LogP contribution in [0.25, 0.3) is 10.9 Å². The molecule has 6 nitrogen and oxygen atoms in total. The van der Waals surface area contributed by atoms with Crippen molar-refractivity contribution in [2.24, 2.45) is 0 Å². The van der Waals surface area contributed by atoms with Crippen molar-refractivity contribution in [2.45, 2.75) is 39.2 Å². The van der Waals surface area contributed by atoms with E-state index in [1.807, 2.05) is 13.0 Å². The number of anilines is 1. The first-order chi connectivity index (χ1) is 11.6. The zero-order chi connectivity index (χ0) is 17.1. The minimum Gasteiger partial charge on any atom is -0.382 e. The van der Waals surface area contributed by atoms with Crippen molar-refractivity contribution < 1.29 is 4.92 Å². The van der Waals surface area contributed by atoms with Crippen molar-refractivity contribution in [1.82, 2.24) is 9.88 Å². The molecule has 0 radical (unpaired) electrons. The first kappa shape index (κ1) is 16.6. The summed E-state index contributed by atoms with van der Waals surface area (Å²) in [7, 11) is 0. The summed E-state index contributed by atoms with van der Waals surface area (Å²) >= 11 is 0. The first-order valence-corrected chi connectivity index (χ1v) is 8.61. The van der Waals surface area contributed by atoms with Crippen molar-refractivity contribution in [3.8, 4) is 0 Å². The predicted octanol–water partition coefficient (Wildman–Crippen LogP) is 3.74. The molecule has 1 aromatic heterocycles. The molecule has 1 aliphatic heterocycles. The van der Waals surface area contributed by atoms with Crippen LogP contribution in [0.5, 0.6) is 0 Å². The summed E-state index contributed by atoms with van der Waals surface area (Å²) in [4.78, 5) is 17.7. The highest BCUT2D eigenvalue weighted by molar-refractivity contribution is 5.93. The lowest BCUT2D eigenvalue weighted by molar-refractivity contribution is -0.384. The van der Waals surface area contributed by atoms with Crippen molar-refractivity contribution in [3.05, 3.63) is 40.1 Å². The van der Waals surface area contributed by atoms with Crippen LogP contribution < -0.4 is 5.32 Å². The third-order valence-corrected chi connectivity index (χ3v) is 4.62. The van der Waals surface area contributed by atoms with Crippen LogP contribution >= 0.6 is 0 Å². The SMILES string of the molecule is CCCN1CCC(Nc2cc(C)nc3ccc([N+](=O)[O-])cc23)CC1. The van der Waals surface area contributed by atoms with Gasteiger partial charge in [-0.05, 0) is 44.9 Å². The number of hydrogen-bond donors (Lipinski definition) is 1. The highest BCUT2D eigenvalue weighted by atomic mass is 16.6. The molecule has 0 spiro atoms. The molecule has 24 heavy (non-hydrogen) atoms. The van der Waals surface area contributed by atoms with Crippen LogP contribution in [0, 0.1) is 17.0 Å². The zero-order valence-corrected chi connectivity index (χ0v) is 14.3. The Morgan fingerprint density at radius 2 is 2.08 bits per heavy atom. The lowest BCUT2D eigenvalue weighted by Crippen LogP contribution is -2.39. The van der Waals surface area contributed by atoms with Crippen LogP contribution in [-0.2, 0) is 0 Å². The second-order valence-corrected chi connectivity index (χ2v) is 6.53. The number of benzene rings is 1. The molecule has 2 heterocycles. The Balaban J connectivity index is 1.83. The summed E-state index contributed by atoms with van der Waals surface area (Å²) in [5.74, 6) is 0. The van der Waals surface area contributed by atoms with Gasteiger partial charge in [0.05, 0.1) is 10.4 Å². The quantitative estimate of drug-likeness (QED) is 0.669. The molecule has 3 rings (SSSR count). The van der Waals surface area contributed by atoms with Gasteiger partial charge < -0.3 is 10.2 Å². The Labute approximate surface area is 142 Å². The monoisotopic (exact) mass is 328 g/mol. The summed E-state index contributed by atoms with van der Waals surface area (Å²) in [5.41, 5.74) is 2.78. The van der Waals surface area contributed by atoms with Gasteiger partial charge in [-0.1, -0.05) is 6.92 Å². The molecular formula is C18H24N4O2. The number of piperidine rings is 1. The average Bonchev–Trinajstić information content (AvgIpc) is 2.56. The van der Waals surface area contributed by atoms with Crippen LogP contribution in [0.4, 0.5) is 11.4 Å². The van der Waals surface area contributed by atoms with Gasteiger partial charge in [-0.25, -0.2) is 0 Å². The van der Waals surface area contributed by atoms with E-state index in [1.54, 1.807) is 12.1 Å². The van der Waals surface area contributed by atoms with Crippen molar-refractivity contribution in [3.63, 3.8) is 0 Å². The smallest absolute Gasteiger partial charge is 0.270 e. The van der Waals surface area contributed by atoms with Crippen molar-refractivity contribution in [2.75, 3.05) is 25.0 Å². The summed E-state index contributed by atoms with van der Waals surface area (Å²) in [5, 5.41) is 15.5. The lowest BCUT2D eigenvalue weighted by Gasteiger charge is -2.32. The third-order valence-electron chi connectivity index (χ3n) is 4.62. The van der Waals surface area contributed by atoms with E-state index in [2.05, 4.69) is 22.1 Å². The predicted molar refractivity (Wildman–Crippen MR) is 96.5 cm³/mol. The van der Waals surface area contributed by atoms with E-state index in [1.165, 1.54) is 12.5 Å². The van der Waals surface area contributed by atoms with Gasteiger partial charge in [-0.3, -0.25) is 15.1 Å². The molecule has 128 valence electrons. The number of nitrogens with zero attached hydrogens (tertiary/aromatic N) is 3. The van der Waals surface area contributed by atoms with Gasteiger partial charge in [-0.2, -0.15) is 0 Å². The molecule has 0 amide bonds. The molecule has 1 fully saturated rings. The topological polar surface area (TPSA) is 71.3 Å². The van der Waals surface area contributed by atoms with Gasteiger partial charge in [-0.15, -0.1) is 0 Å². The number of nitro groups is 1. The second-order valence-electron chi connectivity index (χ2n) is 6.53. The number of pyridine rings is 1. The Kier molecular flexibility index (Phi) is 4.94. The summed E-state index contributed by atoms with van der Waals surface area (Å²) in [6.45, 7) is 7.54. The minimum atomic E-state index is -0.355. The van der Waals surface area contributed by atoms with Gasteiger partial charge >= 0.3 is 0 Å². The highest BCUT2D eigenvalue weighted by Gasteiger charge is 2.20. The standard InChI is InChI=1S/C18H24N4O2/c1-3-8-21-9-6-14(7-10-21)20-18-11-13(2)19-17-5-4-15(22(23)24)12-16(17)18/h4-5,11-12,14H,3,6-10H2,1-2H3,(H,19,20). The zero-order valence-electron chi connectivity index (χ0n) is 14.3. The molecule has 2 aromatic rings. The summed E-state index contributed by atoms with van der Waals surface area (Å²) in [6.07, 6.45) is 3.38. The van der Waals surface area contributed by atoms with E-state index in [0.29, 0.717) is 6.04 Å². The maximum absolute atomic E-state index is 11.1. The normalized spacial score (nSPS) is 16.4. The largest absolute Gasteiger partial charge is 0.382 e. The molecule has 0 bridgehead atoms. The molecular weight excluding hydrogens is 304 g/mol. The fourth-order valence-electron chi connectivity index (χ4n) is 3.42. The number of hydrogen-bond acceptors (Lipinski definition) is 5. The molecule has 0 saturated carbocycles. The molecule has 0 aliphatic carbocycles. The van der Waals surface area contributed by atoms with Gasteiger partial charge in [0.1, 0.15) is 0 Å². The summed E-state index contributed by atoms with van der Waals surface area (Å²) in [6, 6.07) is 7.26. The number of nitro benzene ring substituents is 1. The highest BCUT2D eigenvalue weighted by Crippen LogP contribution is 2.29. The Morgan fingerprint density at radius 1 is 1.33 bits per heavy atom. The molecule has 6 heteroatoms. The van der Waals surface area contributed by atoms with E-state index in [0.717, 1.165) is 54.8 Å². The Morgan fingerprint density at radius 3 is 2.75 bits per heavy atom. The van der Waals surface area contributed by atoms with E-state index in [-0.39, 0.29) is 10.6 Å². The summed E-state index contributed by atoms with van der Waals surface area (Å²) < 4.78 is 0. The number of rotatable bonds is 5. The van der Waals surface area contributed by atoms with Gasteiger partial charge in [0.15, 0.2) is 0 Å². The number of aromatic nitrogens is 1. The van der Waals surface area contributed by atoms with E-state index in [4.69, 9.17) is 0 Å². The maximum Gasteiger partial charge on any atom is 0.270 e. The molecule has 1 N–H and O–H groups in total. The number of non-ortho nitro benzene ring substituents is 1. The van der Waals surface area contributed by atoms with Crippen LogP contribution in [-0.4, -0.2) is 40.5 Å². The van der Waals surface area contributed by atoms with E-state index >= 15 is 0 Å². The number of nitrogens with one attached hydrogen (secondary N) is 1. The fraction of sp³-hybridized carbons (Fsp3) is 0.500. The van der Waals surface area contributed by atoms with Crippen molar-refractivity contribution >= 4 is 22.3 Å². The Bertz CT molecular complexity index is 739. The van der Waals surface area contributed by atoms with Crippen molar-refractivity contribution in [1.29, 1.82) is 0 Å². The third kappa shape index (κ3) is 3.64. The second kappa shape index (κ2) is 7.13. The molecule has 1 aliphatic rings. The van der Waals surface area contributed by atoms with Crippen LogP contribution in [0.2, 0.25) is 0 Å². The first-order valence-electron chi connectivity index (χ1n) is 8.61. The fourth-order valence-corrected chi connectivity index (χ4v) is 3.42.